The predicted octanol–water partition coefficient (Wildman–Crippen LogP) is 3.27. The number of rotatable bonds is 4. The maximum Gasteiger partial charge on any atom is 0.331 e. The minimum Gasteiger partial charge on any atom is -0.503 e. The van der Waals surface area contributed by atoms with E-state index in [4.69, 9.17) is 5.11 Å². The molecule has 2 aromatic rings. The van der Waals surface area contributed by atoms with Gasteiger partial charge in [-0.1, -0.05) is 43.1 Å². The largest absolute Gasteiger partial charge is 0.503 e. The maximum atomic E-state index is 13.3. The summed E-state index contributed by atoms with van der Waals surface area (Å²) in [5, 5.41) is 11.6. The van der Waals surface area contributed by atoms with E-state index in [1.165, 1.54) is 0 Å². The molecule has 0 bridgehead atoms. The van der Waals surface area contributed by atoms with E-state index in [0.29, 0.717) is 13.0 Å². The average Bonchev–Trinajstić information content (AvgIpc) is 2.52. The number of benzene rings is 2. The second-order valence-electron chi connectivity index (χ2n) is 4.54. The van der Waals surface area contributed by atoms with Crippen LogP contribution in [0.15, 0.2) is 42.5 Å². The molecule has 0 unspecified atom stereocenters. The van der Waals surface area contributed by atoms with Crippen LogP contribution in [0.2, 0.25) is 0 Å². The minimum atomic E-state index is -1.16. The first kappa shape index (κ1) is 16.1. The van der Waals surface area contributed by atoms with E-state index in [1.54, 1.807) is 0 Å². The summed E-state index contributed by atoms with van der Waals surface area (Å²) in [5.41, 5.74) is 0.934. The van der Waals surface area contributed by atoms with Gasteiger partial charge in [-0.2, -0.15) is 0 Å². The Labute approximate surface area is 131 Å². The third kappa shape index (κ3) is 3.88. The van der Waals surface area contributed by atoms with Crippen LogP contribution >= 0.6 is 12.8 Å². The number of nitrogens with one attached hydrogen (secondary N) is 1. The van der Waals surface area contributed by atoms with E-state index in [1.807, 2.05) is 30.3 Å². The highest BCUT2D eigenvalue weighted by Gasteiger charge is 2.17. The number of halogens is 2. The highest BCUT2D eigenvalue weighted by Crippen LogP contribution is 2.27. The SMILES string of the molecule is O=C(NCCc1ccccc1)N(S)c1cc(F)c(O)c(F)c1. The summed E-state index contributed by atoms with van der Waals surface area (Å²) in [6.45, 7) is 0.350. The summed E-state index contributed by atoms with van der Waals surface area (Å²) in [5.74, 6) is -3.41. The Morgan fingerprint density at radius 3 is 2.36 bits per heavy atom. The summed E-state index contributed by atoms with van der Waals surface area (Å²) < 4.78 is 27.3. The highest BCUT2D eigenvalue weighted by atomic mass is 32.1. The molecule has 0 aliphatic heterocycles. The van der Waals surface area contributed by atoms with E-state index >= 15 is 0 Å². The van der Waals surface area contributed by atoms with Gasteiger partial charge >= 0.3 is 6.03 Å². The first-order valence-corrected chi connectivity index (χ1v) is 6.88. The van der Waals surface area contributed by atoms with Crippen LogP contribution in [0.3, 0.4) is 0 Å². The van der Waals surface area contributed by atoms with Gasteiger partial charge in [0.15, 0.2) is 17.4 Å². The molecule has 0 saturated heterocycles. The summed E-state index contributed by atoms with van der Waals surface area (Å²) in [4.78, 5) is 11.9. The van der Waals surface area contributed by atoms with Gasteiger partial charge in [0.1, 0.15) is 0 Å². The topological polar surface area (TPSA) is 52.6 Å². The van der Waals surface area contributed by atoms with Crippen molar-refractivity contribution < 1.29 is 18.7 Å². The summed E-state index contributed by atoms with van der Waals surface area (Å²) in [7, 11) is 0. The zero-order valence-corrected chi connectivity index (χ0v) is 12.4. The van der Waals surface area contributed by atoms with Crippen molar-refractivity contribution in [1.29, 1.82) is 0 Å². The van der Waals surface area contributed by atoms with Gasteiger partial charge in [0.2, 0.25) is 0 Å². The molecule has 0 aliphatic carbocycles. The van der Waals surface area contributed by atoms with Crippen molar-refractivity contribution in [3.63, 3.8) is 0 Å². The lowest BCUT2D eigenvalue weighted by atomic mass is 10.1. The van der Waals surface area contributed by atoms with E-state index in [-0.39, 0.29) is 5.69 Å². The third-order valence-electron chi connectivity index (χ3n) is 2.97. The van der Waals surface area contributed by atoms with E-state index in [2.05, 4.69) is 18.1 Å². The standard InChI is InChI=1S/C15H14F2N2O2S/c16-12-8-11(9-13(17)14(12)20)19(22)15(21)18-7-6-10-4-2-1-3-5-10/h1-5,8-9,20,22H,6-7H2,(H,18,21). The molecule has 0 aliphatic rings. The lowest BCUT2D eigenvalue weighted by molar-refractivity contribution is 0.250. The lowest BCUT2D eigenvalue weighted by Crippen LogP contribution is -2.35. The van der Waals surface area contributed by atoms with Crippen LogP contribution in [0, 0.1) is 11.6 Å². The van der Waals surface area contributed by atoms with Crippen molar-refractivity contribution in [3.05, 3.63) is 59.7 Å². The fourth-order valence-corrected chi connectivity index (χ4v) is 2.01. The fraction of sp³-hybridized carbons (Fsp3) is 0.133. The molecule has 2 amide bonds. The second-order valence-corrected chi connectivity index (χ2v) is 4.94. The van der Waals surface area contributed by atoms with Gasteiger partial charge in [0.05, 0.1) is 5.69 Å². The Morgan fingerprint density at radius 2 is 1.77 bits per heavy atom. The van der Waals surface area contributed by atoms with Gasteiger partial charge in [0.25, 0.3) is 0 Å². The molecule has 0 atom stereocenters. The number of thiol groups is 1. The highest BCUT2D eigenvalue weighted by molar-refractivity contribution is 7.82. The molecular formula is C15H14F2N2O2S. The molecule has 116 valence electrons. The zero-order valence-electron chi connectivity index (χ0n) is 11.5. The average molecular weight is 324 g/mol. The first-order valence-electron chi connectivity index (χ1n) is 6.48. The molecule has 4 nitrogen and oxygen atoms in total. The van der Waals surface area contributed by atoms with E-state index < -0.39 is 23.4 Å². The van der Waals surface area contributed by atoms with E-state index in [9.17, 15) is 13.6 Å². The third-order valence-corrected chi connectivity index (χ3v) is 3.38. The molecule has 2 N–H and O–H groups in total. The summed E-state index contributed by atoms with van der Waals surface area (Å²) in [6, 6.07) is 10.6. The van der Waals surface area contributed by atoms with Crippen molar-refractivity contribution in [2.45, 2.75) is 6.42 Å². The number of phenols is 1. The van der Waals surface area contributed by atoms with Crippen LogP contribution in [-0.4, -0.2) is 17.7 Å². The number of nitrogens with zero attached hydrogens (tertiary/aromatic N) is 1. The molecule has 2 aromatic carbocycles. The van der Waals surface area contributed by atoms with Crippen LogP contribution in [0.4, 0.5) is 19.3 Å². The Balaban J connectivity index is 1.95. The first-order chi connectivity index (χ1) is 10.5. The fourth-order valence-electron chi connectivity index (χ4n) is 1.83. The number of urea groups is 1. The number of anilines is 1. The summed E-state index contributed by atoms with van der Waals surface area (Å²) in [6.07, 6.45) is 0.618. The normalized spacial score (nSPS) is 10.3. The summed E-state index contributed by atoms with van der Waals surface area (Å²) >= 11 is 3.91. The number of amides is 2. The second kappa shape index (κ2) is 7.13. The van der Waals surface area contributed by atoms with Crippen molar-refractivity contribution in [3.8, 4) is 5.75 Å². The van der Waals surface area contributed by atoms with Gasteiger partial charge in [0, 0.05) is 18.7 Å². The van der Waals surface area contributed by atoms with Crippen molar-refractivity contribution in [2.24, 2.45) is 0 Å². The van der Waals surface area contributed by atoms with Gasteiger partial charge < -0.3 is 10.4 Å². The van der Waals surface area contributed by atoms with Crippen LogP contribution in [0.1, 0.15) is 5.56 Å². The Kier molecular flexibility index (Phi) is 5.21. The Morgan fingerprint density at radius 1 is 1.18 bits per heavy atom. The Bertz CT molecular complexity index is 645. The predicted molar refractivity (Wildman–Crippen MR) is 83.0 cm³/mol. The van der Waals surface area contributed by atoms with Gasteiger partial charge in [-0.15, -0.1) is 0 Å². The molecule has 0 heterocycles. The molecule has 2 rings (SSSR count). The van der Waals surface area contributed by atoms with E-state index in [0.717, 1.165) is 22.0 Å². The number of carbonyl (C=O) groups excluding carboxylic acids is 1. The molecule has 0 aromatic heterocycles. The number of phenolic OH excluding ortho intramolecular Hbond substituents is 1. The molecule has 0 fully saturated rings. The molecule has 7 heteroatoms. The molecule has 0 saturated carbocycles. The number of hydrogen-bond donors (Lipinski definition) is 3. The number of hydrogen-bond acceptors (Lipinski definition) is 3. The lowest BCUT2D eigenvalue weighted by Gasteiger charge is -2.17. The smallest absolute Gasteiger partial charge is 0.331 e. The van der Waals surface area contributed by atoms with Crippen LogP contribution in [-0.2, 0) is 6.42 Å². The molecule has 22 heavy (non-hydrogen) atoms. The van der Waals surface area contributed by atoms with Crippen LogP contribution in [0.5, 0.6) is 5.75 Å². The van der Waals surface area contributed by atoms with Crippen LogP contribution in [0.25, 0.3) is 0 Å². The monoisotopic (exact) mass is 324 g/mol. The molecular weight excluding hydrogens is 310 g/mol. The Hall–Kier alpha value is -2.28. The van der Waals surface area contributed by atoms with Gasteiger partial charge in [-0.25, -0.2) is 17.9 Å². The van der Waals surface area contributed by atoms with Crippen molar-refractivity contribution >= 4 is 24.5 Å². The minimum absolute atomic E-state index is 0.117. The molecule has 0 radical (unpaired) electrons. The van der Waals surface area contributed by atoms with Crippen molar-refractivity contribution in [1.82, 2.24) is 5.32 Å². The van der Waals surface area contributed by atoms with Crippen LogP contribution < -0.4 is 9.62 Å². The van der Waals surface area contributed by atoms with Crippen molar-refractivity contribution in [2.75, 3.05) is 10.8 Å². The zero-order chi connectivity index (χ0) is 16.1. The number of carbonyl (C=O) groups is 1. The quantitative estimate of drug-likeness (QED) is 0.756. The van der Waals surface area contributed by atoms with Gasteiger partial charge in [-0.3, -0.25) is 0 Å². The maximum absolute atomic E-state index is 13.3. The molecule has 0 spiro atoms. The number of aromatic hydroxyl groups is 1. The van der Waals surface area contributed by atoms with Gasteiger partial charge in [-0.05, 0) is 12.0 Å².